The van der Waals surface area contributed by atoms with Gasteiger partial charge in [0.25, 0.3) is 5.91 Å². The molecule has 0 bridgehead atoms. The van der Waals surface area contributed by atoms with Crippen LogP contribution in [0.1, 0.15) is 21.6 Å². The van der Waals surface area contributed by atoms with Crippen LogP contribution in [0, 0.1) is 6.92 Å². The highest BCUT2D eigenvalue weighted by atomic mass is 35.5. The standard InChI is InChI=1S/C14H11Cl3N4O/c1-7-4-2-3-5-8(7)6-19-21-14(22)12-9(15)11(18)10(16)13(17)20-12/h2-6H,1H3,(H2,18,20)(H,21,22)/b19-6-. The number of nitrogens with one attached hydrogen (secondary N) is 1. The maximum absolute atomic E-state index is 12.0. The highest BCUT2D eigenvalue weighted by Gasteiger charge is 2.19. The molecule has 0 saturated carbocycles. The van der Waals surface area contributed by atoms with Crippen LogP contribution in [0.2, 0.25) is 15.2 Å². The summed E-state index contributed by atoms with van der Waals surface area (Å²) in [4.78, 5) is 15.8. The van der Waals surface area contributed by atoms with E-state index in [0.717, 1.165) is 11.1 Å². The normalized spacial score (nSPS) is 10.9. The number of nitrogens with zero attached hydrogens (tertiary/aromatic N) is 2. The molecule has 2 rings (SSSR count). The van der Waals surface area contributed by atoms with Crippen LogP contribution in [-0.4, -0.2) is 17.1 Å². The van der Waals surface area contributed by atoms with Crippen LogP contribution < -0.4 is 11.2 Å². The summed E-state index contributed by atoms with van der Waals surface area (Å²) < 4.78 is 0. The number of nitrogen functional groups attached to an aromatic ring is 1. The van der Waals surface area contributed by atoms with E-state index in [9.17, 15) is 4.79 Å². The first kappa shape index (κ1) is 16.5. The lowest BCUT2D eigenvalue weighted by Gasteiger charge is -2.07. The molecular formula is C14H11Cl3N4O. The van der Waals surface area contributed by atoms with Gasteiger partial charge in [-0.3, -0.25) is 4.79 Å². The molecule has 0 aliphatic rings. The van der Waals surface area contributed by atoms with E-state index in [1.165, 1.54) is 6.21 Å². The van der Waals surface area contributed by atoms with Gasteiger partial charge in [0.15, 0.2) is 10.8 Å². The van der Waals surface area contributed by atoms with E-state index >= 15 is 0 Å². The van der Waals surface area contributed by atoms with E-state index in [1.807, 2.05) is 31.2 Å². The first-order valence-electron chi connectivity index (χ1n) is 6.10. The Balaban J connectivity index is 2.19. The van der Waals surface area contributed by atoms with Crippen LogP contribution in [0.25, 0.3) is 0 Å². The van der Waals surface area contributed by atoms with Gasteiger partial charge in [-0.1, -0.05) is 59.1 Å². The minimum absolute atomic E-state index is 0.00336. The SMILES string of the molecule is Cc1ccccc1/C=N\NC(=O)c1nc(Cl)c(Cl)c(N)c1Cl. The Morgan fingerprint density at radius 3 is 2.64 bits per heavy atom. The molecule has 3 N–H and O–H groups in total. The van der Waals surface area contributed by atoms with E-state index in [4.69, 9.17) is 40.5 Å². The summed E-state index contributed by atoms with van der Waals surface area (Å²) >= 11 is 17.5. The van der Waals surface area contributed by atoms with Crippen LogP contribution >= 0.6 is 34.8 Å². The highest BCUT2D eigenvalue weighted by molar-refractivity contribution is 6.46. The molecule has 22 heavy (non-hydrogen) atoms. The summed E-state index contributed by atoms with van der Waals surface area (Å²) in [7, 11) is 0. The van der Waals surface area contributed by atoms with Crippen LogP contribution in [0.4, 0.5) is 5.69 Å². The molecule has 5 nitrogen and oxygen atoms in total. The Morgan fingerprint density at radius 2 is 1.95 bits per heavy atom. The molecule has 8 heteroatoms. The van der Waals surface area contributed by atoms with E-state index in [-0.39, 0.29) is 26.6 Å². The second kappa shape index (κ2) is 6.96. The quantitative estimate of drug-likeness (QED) is 0.499. The van der Waals surface area contributed by atoms with Crippen LogP contribution in [0.15, 0.2) is 29.4 Å². The van der Waals surface area contributed by atoms with Crippen molar-refractivity contribution in [2.75, 3.05) is 5.73 Å². The summed E-state index contributed by atoms with van der Waals surface area (Å²) in [6.07, 6.45) is 1.52. The molecule has 1 aromatic heterocycles. The maximum Gasteiger partial charge on any atom is 0.291 e. The molecule has 1 amide bonds. The zero-order chi connectivity index (χ0) is 16.3. The number of rotatable bonds is 3. The van der Waals surface area contributed by atoms with Crippen molar-refractivity contribution >= 4 is 52.6 Å². The van der Waals surface area contributed by atoms with E-state index in [1.54, 1.807) is 0 Å². The summed E-state index contributed by atoms with van der Waals surface area (Å²) in [5.41, 5.74) is 9.72. The van der Waals surface area contributed by atoms with Crippen molar-refractivity contribution in [1.82, 2.24) is 10.4 Å². The number of anilines is 1. The number of hydrogen-bond acceptors (Lipinski definition) is 4. The minimum atomic E-state index is -0.639. The smallest absolute Gasteiger partial charge is 0.291 e. The lowest BCUT2D eigenvalue weighted by Crippen LogP contribution is -2.20. The fourth-order valence-electron chi connectivity index (χ4n) is 1.63. The van der Waals surface area contributed by atoms with Crippen molar-refractivity contribution in [1.29, 1.82) is 0 Å². The molecule has 0 unspecified atom stereocenters. The molecule has 0 atom stereocenters. The molecule has 1 aromatic carbocycles. The summed E-state index contributed by atoms with van der Waals surface area (Å²) in [6.45, 7) is 1.93. The minimum Gasteiger partial charge on any atom is -0.396 e. The van der Waals surface area contributed by atoms with E-state index < -0.39 is 5.91 Å². The average molecular weight is 358 g/mol. The Hall–Kier alpha value is -1.82. The van der Waals surface area contributed by atoms with Gasteiger partial charge >= 0.3 is 0 Å². The van der Waals surface area contributed by atoms with Crippen LogP contribution in [0.5, 0.6) is 0 Å². The fraction of sp³-hybridized carbons (Fsp3) is 0.0714. The largest absolute Gasteiger partial charge is 0.396 e. The van der Waals surface area contributed by atoms with Crippen molar-refractivity contribution in [2.24, 2.45) is 5.10 Å². The molecule has 0 aliphatic carbocycles. The molecule has 0 radical (unpaired) electrons. The lowest BCUT2D eigenvalue weighted by atomic mass is 10.1. The van der Waals surface area contributed by atoms with Crippen LogP contribution in [-0.2, 0) is 0 Å². The number of carbonyl (C=O) groups is 1. The number of hydrogen-bond donors (Lipinski definition) is 2. The molecule has 2 aromatic rings. The first-order chi connectivity index (χ1) is 10.4. The molecule has 1 heterocycles. The number of aryl methyl sites for hydroxylation is 1. The Morgan fingerprint density at radius 1 is 1.27 bits per heavy atom. The molecule has 114 valence electrons. The number of pyridine rings is 1. The number of halogens is 3. The number of aromatic nitrogens is 1. The third-order valence-corrected chi connectivity index (χ3v) is 3.98. The second-order valence-electron chi connectivity index (χ2n) is 4.35. The molecular weight excluding hydrogens is 347 g/mol. The number of nitrogens with two attached hydrogens (primary N) is 1. The van der Waals surface area contributed by atoms with Crippen LogP contribution in [0.3, 0.4) is 0 Å². The van der Waals surface area contributed by atoms with E-state index in [0.29, 0.717) is 0 Å². The number of amides is 1. The molecule has 0 spiro atoms. The third-order valence-electron chi connectivity index (χ3n) is 2.85. The van der Waals surface area contributed by atoms with Gasteiger partial charge in [-0.2, -0.15) is 5.10 Å². The summed E-state index contributed by atoms with van der Waals surface area (Å²) in [5.74, 6) is -0.639. The molecule has 0 fully saturated rings. The van der Waals surface area contributed by atoms with Crippen molar-refractivity contribution in [2.45, 2.75) is 6.92 Å². The maximum atomic E-state index is 12.0. The van der Waals surface area contributed by atoms with E-state index in [2.05, 4.69) is 15.5 Å². The van der Waals surface area contributed by atoms with Crippen molar-refractivity contribution in [3.63, 3.8) is 0 Å². The summed E-state index contributed by atoms with van der Waals surface area (Å²) in [5, 5.41) is 3.70. The third kappa shape index (κ3) is 3.50. The predicted molar refractivity (Wildman–Crippen MR) is 89.9 cm³/mol. The number of hydrazone groups is 1. The molecule has 0 saturated heterocycles. The zero-order valence-corrected chi connectivity index (χ0v) is 13.7. The van der Waals surface area contributed by atoms with Gasteiger partial charge in [0.2, 0.25) is 0 Å². The lowest BCUT2D eigenvalue weighted by molar-refractivity contribution is 0.0950. The fourth-order valence-corrected chi connectivity index (χ4v) is 2.22. The Bertz CT molecular complexity index is 762. The highest BCUT2D eigenvalue weighted by Crippen LogP contribution is 2.34. The van der Waals surface area contributed by atoms with Gasteiger partial charge in [0.05, 0.1) is 16.9 Å². The van der Waals surface area contributed by atoms with Gasteiger partial charge in [-0.15, -0.1) is 0 Å². The Kier molecular flexibility index (Phi) is 5.24. The first-order valence-corrected chi connectivity index (χ1v) is 7.24. The Labute approximate surface area is 142 Å². The monoisotopic (exact) mass is 356 g/mol. The van der Waals surface area contributed by atoms with Crippen molar-refractivity contribution < 1.29 is 4.79 Å². The molecule has 0 aliphatic heterocycles. The number of carbonyl (C=O) groups excluding carboxylic acids is 1. The van der Waals surface area contributed by atoms with Crippen molar-refractivity contribution in [3.8, 4) is 0 Å². The zero-order valence-electron chi connectivity index (χ0n) is 11.4. The summed E-state index contributed by atoms with van der Waals surface area (Å²) in [6, 6.07) is 7.58. The van der Waals surface area contributed by atoms with Crippen molar-refractivity contribution in [3.05, 3.63) is 56.3 Å². The topological polar surface area (TPSA) is 80.4 Å². The predicted octanol–water partition coefficient (Wildman–Crippen LogP) is 3.70. The average Bonchev–Trinajstić information content (AvgIpc) is 2.50. The van der Waals surface area contributed by atoms with Gasteiger partial charge in [0, 0.05) is 0 Å². The van der Waals surface area contributed by atoms with Gasteiger partial charge in [-0.05, 0) is 18.1 Å². The van der Waals surface area contributed by atoms with Gasteiger partial charge < -0.3 is 5.73 Å². The van der Waals surface area contributed by atoms with Gasteiger partial charge in [0.1, 0.15) is 5.02 Å². The number of benzene rings is 1. The van der Waals surface area contributed by atoms with Gasteiger partial charge in [-0.25, -0.2) is 10.4 Å². The second-order valence-corrected chi connectivity index (χ2v) is 5.46.